The average molecular weight is 279 g/mol. The molecule has 0 amide bonds. The zero-order valence-electron chi connectivity index (χ0n) is 12.6. The van der Waals surface area contributed by atoms with Crippen LogP contribution in [-0.4, -0.2) is 38.4 Å². The number of hydrogen-bond donors (Lipinski definition) is 1. The van der Waals surface area contributed by atoms with Crippen LogP contribution in [0.3, 0.4) is 0 Å². The molecule has 0 radical (unpaired) electrons. The maximum Gasteiger partial charge on any atom is 0.326 e. The first kappa shape index (κ1) is 16.7. The van der Waals surface area contributed by atoms with E-state index in [1.54, 1.807) is 7.11 Å². The van der Waals surface area contributed by atoms with Crippen LogP contribution in [0, 0.1) is 0 Å². The molecule has 4 heteroatoms. The van der Waals surface area contributed by atoms with E-state index in [-0.39, 0.29) is 5.97 Å². The van der Waals surface area contributed by atoms with Crippen molar-refractivity contribution in [3.63, 3.8) is 0 Å². The van der Waals surface area contributed by atoms with Crippen LogP contribution in [0.15, 0.2) is 30.3 Å². The lowest BCUT2D eigenvalue weighted by atomic mass is 9.88. The first-order chi connectivity index (χ1) is 9.68. The molecule has 1 rings (SSSR count). The summed E-state index contributed by atoms with van der Waals surface area (Å²) in [7, 11) is 1.65. The van der Waals surface area contributed by atoms with Crippen molar-refractivity contribution in [2.24, 2.45) is 0 Å². The Bertz CT molecular complexity index is 394. The van der Waals surface area contributed by atoms with Gasteiger partial charge in [-0.3, -0.25) is 10.1 Å². The van der Waals surface area contributed by atoms with Gasteiger partial charge in [0.15, 0.2) is 0 Å². The minimum atomic E-state index is -0.685. The molecule has 0 heterocycles. The second kappa shape index (κ2) is 8.72. The largest absolute Gasteiger partial charge is 0.465 e. The molecule has 112 valence electrons. The third-order valence-electron chi connectivity index (χ3n) is 3.39. The normalized spacial score (nSPS) is 13.8. The van der Waals surface area contributed by atoms with E-state index >= 15 is 0 Å². The Morgan fingerprint density at radius 1 is 1.25 bits per heavy atom. The Balaban J connectivity index is 2.88. The number of carbonyl (C=O) groups excluding carboxylic acids is 1. The highest BCUT2D eigenvalue weighted by molar-refractivity contribution is 5.81. The van der Waals surface area contributed by atoms with Crippen LogP contribution in [0.25, 0.3) is 0 Å². The summed E-state index contributed by atoms with van der Waals surface area (Å²) in [6.45, 7) is 5.41. The number of esters is 1. The fourth-order valence-corrected chi connectivity index (χ4v) is 2.21. The second-order valence-corrected chi connectivity index (χ2v) is 4.74. The number of ether oxygens (including phenoxy) is 2. The van der Waals surface area contributed by atoms with Gasteiger partial charge in [0.25, 0.3) is 0 Å². The summed E-state index contributed by atoms with van der Waals surface area (Å²) in [5.41, 5.74) is 0.433. The molecule has 1 atom stereocenters. The monoisotopic (exact) mass is 279 g/mol. The Kier molecular flexibility index (Phi) is 7.26. The lowest BCUT2D eigenvalue weighted by Gasteiger charge is -2.31. The topological polar surface area (TPSA) is 47.6 Å². The molecule has 20 heavy (non-hydrogen) atoms. The molecular weight excluding hydrogens is 254 g/mol. The second-order valence-electron chi connectivity index (χ2n) is 4.74. The molecule has 0 aliphatic rings. The maximum atomic E-state index is 12.4. The molecule has 0 fully saturated rings. The summed E-state index contributed by atoms with van der Waals surface area (Å²) < 4.78 is 10.3. The van der Waals surface area contributed by atoms with Crippen LogP contribution >= 0.6 is 0 Å². The summed E-state index contributed by atoms with van der Waals surface area (Å²) in [6.07, 6.45) is 1.29. The van der Waals surface area contributed by atoms with Crippen molar-refractivity contribution in [2.75, 3.05) is 26.9 Å². The number of rotatable bonds is 9. The van der Waals surface area contributed by atoms with Crippen LogP contribution in [0.5, 0.6) is 0 Å². The third kappa shape index (κ3) is 4.62. The number of carbonyl (C=O) groups is 1. The summed E-state index contributed by atoms with van der Waals surface area (Å²) in [4.78, 5) is 12.4. The van der Waals surface area contributed by atoms with E-state index in [0.29, 0.717) is 32.6 Å². The molecule has 1 unspecified atom stereocenters. The van der Waals surface area contributed by atoms with Crippen LogP contribution in [0.2, 0.25) is 0 Å². The number of nitrogens with one attached hydrogen (secondary N) is 1. The molecule has 4 nitrogen and oxygen atoms in total. The zero-order chi connectivity index (χ0) is 14.8. The highest BCUT2D eigenvalue weighted by Gasteiger charge is 2.37. The fraction of sp³-hybridized carbons (Fsp3) is 0.562. The van der Waals surface area contributed by atoms with Gasteiger partial charge in [0.1, 0.15) is 5.54 Å². The lowest BCUT2D eigenvalue weighted by molar-refractivity contribution is -0.151. The predicted molar refractivity (Wildman–Crippen MR) is 79.7 cm³/mol. The van der Waals surface area contributed by atoms with Crippen LogP contribution in [-0.2, 0) is 20.7 Å². The van der Waals surface area contributed by atoms with E-state index < -0.39 is 5.54 Å². The molecule has 0 spiro atoms. The first-order valence-corrected chi connectivity index (χ1v) is 7.13. The van der Waals surface area contributed by atoms with Crippen molar-refractivity contribution >= 4 is 5.97 Å². The van der Waals surface area contributed by atoms with Gasteiger partial charge in [-0.25, -0.2) is 0 Å². The van der Waals surface area contributed by atoms with E-state index in [0.717, 1.165) is 5.56 Å². The summed E-state index contributed by atoms with van der Waals surface area (Å²) in [5.74, 6) is -0.192. The Morgan fingerprint density at radius 3 is 2.50 bits per heavy atom. The van der Waals surface area contributed by atoms with Crippen molar-refractivity contribution in [1.82, 2.24) is 5.32 Å². The van der Waals surface area contributed by atoms with Gasteiger partial charge in [0, 0.05) is 20.1 Å². The van der Waals surface area contributed by atoms with E-state index in [1.807, 2.05) is 44.2 Å². The van der Waals surface area contributed by atoms with Gasteiger partial charge < -0.3 is 9.47 Å². The van der Waals surface area contributed by atoms with Gasteiger partial charge in [-0.15, -0.1) is 0 Å². The standard InChI is InChI=1S/C16H25NO3/c1-4-16(15(18)20-5-2,17-11-12-19-3)13-14-9-7-6-8-10-14/h6-10,17H,4-5,11-13H2,1-3H3. The van der Waals surface area contributed by atoms with Gasteiger partial charge in [-0.2, -0.15) is 0 Å². The van der Waals surface area contributed by atoms with Crippen molar-refractivity contribution in [1.29, 1.82) is 0 Å². The van der Waals surface area contributed by atoms with Crippen LogP contribution in [0.4, 0.5) is 0 Å². The number of hydrogen-bond acceptors (Lipinski definition) is 4. The van der Waals surface area contributed by atoms with Crippen LogP contribution in [0.1, 0.15) is 25.8 Å². The van der Waals surface area contributed by atoms with Gasteiger partial charge in [0.05, 0.1) is 13.2 Å². The van der Waals surface area contributed by atoms with Crippen LogP contribution < -0.4 is 5.32 Å². The minimum Gasteiger partial charge on any atom is -0.465 e. The van der Waals surface area contributed by atoms with Crippen molar-refractivity contribution in [3.8, 4) is 0 Å². The quantitative estimate of drug-likeness (QED) is 0.556. The van der Waals surface area contributed by atoms with Crippen molar-refractivity contribution in [3.05, 3.63) is 35.9 Å². The van der Waals surface area contributed by atoms with E-state index in [9.17, 15) is 4.79 Å². The van der Waals surface area contributed by atoms with Gasteiger partial charge >= 0.3 is 5.97 Å². The molecular formula is C16H25NO3. The van der Waals surface area contributed by atoms with E-state index in [2.05, 4.69) is 5.32 Å². The third-order valence-corrected chi connectivity index (χ3v) is 3.39. The molecule has 1 N–H and O–H groups in total. The zero-order valence-corrected chi connectivity index (χ0v) is 12.6. The predicted octanol–water partition coefficient (Wildman–Crippen LogP) is 2.18. The highest BCUT2D eigenvalue weighted by Crippen LogP contribution is 2.19. The van der Waals surface area contributed by atoms with Gasteiger partial charge in [-0.05, 0) is 18.9 Å². The van der Waals surface area contributed by atoms with Gasteiger partial charge in [0.2, 0.25) is 0 Å². The molecule has 1 aromatic carbocycles. The average Bonchev–Trinajstić information content (AvgIpc) is 2.47. The Labute approximate surface area is 121 Å². The minimum absolute atomic E-state index is 0.192. The van der Waals surface area contributed by atoms with Crippen molar-refractivity contribution in [2.45, 2.75) is 32.2 Å². The Morgan fingerprint density at radius 2 is 1.95 bits per heavy atom. The molecule has 0 aliphatic carbocycles. The number of benzene rings is 1. The molecule has 1 aromatic rings. The van der Waals surface area contributed by atoms with Crippen molar-refractivity contribution < 1.29 is 14.3 Å². The molecule has 0 saturated heterocycles. The maximum absolute atomic E-state index is 12.4. The summed E-state index contributed by atoms with van der Waals surface area (Å²) in [5, 5.41) is 3.32. The summed E-state index contributed by atoms with van der Waals surface area (Å²) >= 11 is 0. The van der Waals surface area contributed by atoms with E-state index in [1.165, 1.54) is 0 Å². The first-order valence-electron chi connectivity index (χ1n) is 7.13. The SMILES string of the molecule is CCOC(=O)C(CC)(Cc1ccccc1)NCCOC. The summed E-state index contributed by atoms with van der Waals surface area (Å²) in [6, 6.07) is 10.00. The number of methoxy groups -OCH3 is 1. The van der Waals surface area contributed by atoms with Gasteiger partial charge in [-0.1, -0.05) is 37.3 Å². The molecule has 0 bridgehead atoms. The lowest BCUT2D eigenvalue weighted by Crippen LogP contribution is -2.55. The smallest absolute Gasteiger partial charge is 0.326 e. The molecule has 0 aromatic heterocycles. The fourth-order valence-electron chi connectivity index (χ4n) is 2.21. The molecule has 0 aliphatic heterocycles. The highest BCUT2D eigenvalue weighted by atomic mass is 16.5. The Hall–Kier alpha value is -1.39. The van der Waals surface area contributed by atoms with E-state index in [4.69, 9.17) is 9.47 Å². The molecule has 0 saturated carbocycles.